The highest BCUT2D eigenvalue weighted by Gasteiger charge is 2.15. The van der Waals surface area contributed by atoms with Crippen molar-refractivity contribution in [3.05, 3.63) is 46.4 Å². The topological polar surface area (TPSA) is 109 Å². The molecule has 2 rings (SSSR count). The van der Waals surface area contributed by atoms with Crippen LogP contribution in [0.3, 0.4) is 0 Å². The number of aromatic hydroxyl groups is 1. The lowest BCUT2D eigenvalue weighted by atomic mass is 10.2. The molecule has 1 aromatic carbocycles. The minimum absolute atomic E-state index is 0.183. The number of H-pyrrole nitrogens is 1. The third-order valence-electron chi connectivity index (χ3n) is 2.18. The van der Waals surface area contributed by atoms with E-state index in [1.165, 1.54) is 0 Å². The number of hydrogen-bond donors (Lipinski definition) is 3. The molecule has 0 saturated carbocycles. The summed E-state index contributed by atoms with van der Waals surface area (Å²) in [5.41, 5.74) is 4.40. The molecule has 1 aromatic heterocycles. The maximum Gasteiger partial charge on any atom is 0.294 e. The van der Waals surface area contributed by atoms with Gasteiger partial charge in [-0.15, -0.1) is 0 Å². The number of nitrogens with one attached hydrogen (secondary N) is 1. The van der Waals surface area contributed by atoms with Gasteiger partial charge in [-0.3, -0.25) is 9.59 Å². The largest absolute Gasteiger partial charge is 0.501 e. The van der Waals surface area contributed by atoms with E-state index >= 15 is 0 Å². The number of hydrogen-bond acceptors (Lipinski definition) is 4. The van der Waals surface area contributed by atoms with Crippen molar-refractivity contribution >= 4 is 5.91 Å². The van der Waals surface area contributed by atoms with Gasteiger partial charge in [0.05, 0.1) is 0 Å². The molecule has 86 valence electrons. The minimum Gasteiger partial charge on any atom is -0.501 e. The normalized spacial score (nSPS) is 10.1. The van der Waals surface area contributed by atoms with E-state index in [0.29, 0.717) is 5.56 Å². The molecule has 0 saturated heterocycles. The highest BCUT2D eigenvalue weighted by atomic mass is 16.3. The quantitative estimate of drug-likeness (QED) is 0.687. The number of carbonyl (C=O) groups excluding carboxylic acids is 1. The van der Waals surface area contributed by atoms with Gasteiger partial charge < -0.3 is 15.8 Å². The van der Waals surface area contributed by atoms with E-state index in [2.05, 4.69) is 9.97 Å². The first-order valence-corrected chi connectivity index (χ1v) is 4.78. The van der Waals surface area contributed by atoms with Gasteiger partial charge >= 0.3 is 0 Å². The van der Waals surface area contributed by atoms with Crippen molar-refractivity contribution < 1.29 is 9.90 Å². The van der Waals surface area contributed by atoms with Crippen LogP contribution in [0.1, 0.15) is 10.5 Å². The van der Waals surface area contributed by atoms with E-state index in [9.17, 15) is 14.7 Å². The number of primary amides is 1. The summed E-state index contributed by atoms with van der Waals surface area (Å²) < 4.78 is 0. The van der Waals surface area contributed by atoms with E-state index in [0.717, 1.165) is 0 Å². The van der Waals surface area contributed by atoms with Crippen LogP contribution in [0.5, 0.6) is 5.75 Å². The van der Waals surface area contributed by atoms with Crippen molar-refractivity contribution in [3.8, 4) is 17.1 Å². The maximum atomic E-state index is 11.4. The van der Waals surface area contributed by atoms with Gasteiger partial charge in [-0.25, -0.2) is 4.98 Å². The lowest BCUT2D eigenvalue weighted by Gasteiger charge is -2.03. The van der Waals surface area contributed by atoms with Crippen LogP contribution >= 0.6 is 0 Å². The van der Waals surface area contributed by atoms with Gasteiger partial charge in [0.25, 0.3) is 11.5 Å². The molecule has 0 aliphatic heterocycles. The first-order chi connectivity index (χ1) is 8.09. The van der Waals surface area contributed by atoms with Gasteiger partial charge in [-0.05, 0) is 0 Å². The summed E-state index contributed by atoms with van der Waals surface area (Å²) in [7, 11) is 0. The molecule has 0 aliphatic rings. The van der Waals surface area contributed by atoms with Gasteiger partial charge in [0.1, 0.15) is 5.82 Å². The Hall–Kier alpha value is -2.63. The van der Waals surface area contributed by atoms with Crippen LogP contribution < -0.4 is 11.3 Å². The molecule has 0 atom stereocenters. The van der Waals surface area contributed by atoms with E-state index in [1.54, 1.807) is 30.3 Å². The summed E-state index contributed by atoms with van der Waals surface area (Å²) in [5.74, 6) is -1.54. The Labute approximate surface area is 95.7 Å². The van der Waals surface area contributed by atoms with E-state index in [4.69, 9.17) is 5.73 Å². The van der Waals surface area contributed by atoms with Gasteiger partial charge in [0.2, 0.25) is 5.75 Å². The molecule has 6 nitrogen and oxygen atoms in total. The summed E-state index contributed by atoms with van der Waals surface area (Å²) in [5, 5.41) is 9.33. The van der Waals surface area contributed by atoms with Crippen molar-refractivity contribution in [2.75, 3.05) is 0 Å². The summed E-state index contributed by atoms with van der Waals surface area (Å²) in [6, 6.07) is 8.73. The Morgan fingerprint density at radius 1 is 1.29 bits per heavy atom. The summed E-state index contributed by atoms with van der Waals surface area (Å²) in [6.45, 7) is 0. The van der Waals surface area contributed by atoms with E-state index in [1.807, 2.05) is 0 Å². The second kappa shape index (κ2) is 4.09. The van der Waals surface area contributed by atoms with Crippen molar-refractivity contribution in [1.82, 2.24) is 9.97 Å². The molecule has 0 unspecified atom stereocenters. The molecule has 0 spiro atoms. The maximum absolute atomic E-state index is 11.4. The first-order valence-electron chi connectivity index (χ1n) is 4.78. The first kappa shape index (κ1) is 10.9. The molecule has 4 N–H and O–H groups in total. The highest BCUT2D eigenvalue weighted by molar-refractivity contribution is 5.93. The van der Waals surface area contributed by atoms with Crippen LogP contribution in [0.4, 0.5) is 0 Å². The van der Waals surface area contributed by atoms with Crippen molar-refractivity contribution in [2.45, 2.75) is 0 Å². The monoisotopic (exact) mass is 231 g/mol. The Kier molecular flexibility index (Phi) is 2.61. The summed E-state index contributed by atoms with van der Waals surface area (Å²) in [4.78, 5) is 28.6. The smallest absolute Gasteiger partial charge is 0.294 e. The molecule has 2 aromatic rings. The van der Waals surface area contributed by atoms with Gasteiger partial charge in [0, 0.05) is 5.56 Å². The summed E-state index contributed by atoms with van der Waals surface area (Å²) >= 11 is 0. The molecule has 1 amide bonds. The Balaban J connectivity index is 2.66. The molecule has 17 heavy (non-hydrogen) atoms. The van der Waals surface area contributed by atoms with E-state index < -0.39 is 22.9 Å². The van der Waals surface area contributed by atoms with Crippen molar-refractivity contribution in [3.63, 3.8) is 0 Å². The van der Waals surface area contributed by atoms with Crippen LogP contribution in [-0.4, -0.2) is 21.0 Å². The number of benzene rings is 1. The number of aromatic amines is 1. The zero-order chi connectivity index (χ0) is 12.4. The van der Waals surface area contributed by atoms with Gasteiger partial charge in [-0.1, -0.05) is 30.3 Å². The average Bonchev–Trinajstić information content (AvgIpc) is 2.33. The van der Waals surface area contributed by atoms with Crippen molar-refractivity contribution in [1.29, 1.82) is 0 Å². The van der Waals surface area contributed by atoms with E-state index in [-0.39, 0.29) is 5.82 Å². The lowest BCUT2D eigenvalue weighted by Crippen LogP contribution is -2.20. The fraction of sp³-hybridized carbons (Fsp3) is 0. The molecule has 0 aliphatic carbocycles. The molecule has 0 radical (unpaired) electrons. The lowest BCUT2D eigenvalue weighted by molar-refractivity contribution is 0.0992. The number of rotatable bonds is 2. The van der Waals surface area contributed by atoms with Crippen LogP contribution in [-0.2, 0) is 0 Å². The second-order valence-corrected chi connectivity index (χ2v) is 3.34. The second-order valence-electron chi connectivity index (χ2n) is 3.34. The third-order valence-corrected chi connectivity index (χ3v) is 2.18. The molecule has 0 fully saturated rings. The number of nitrogens with two attached hydrogens (primary N) is 1. The third kappa shape index (κ3) is 2.00. The minimum atomic E-state index is -0.953. The Morgan fingerprint density at radius 3 is 2.53 bits per heavy atom. The van der Waals surface area contributed by atoms with Crippen LogP contribution in [0, 0.1) is 0 Å². The zero-order valence-electron chi connectivity index (χ0n) is 8.68. The molecular weight excluding hydrogens is 222 g/mol. The Bertz CT molecular complexity index is 620. The zero-order valence-corrected chi connectivity index (χ0v) is 8.68. The number of carbonyl (C=O) groups is 1. The highest BCUT2D eigenvalue weighted by Crippen LogP contribution is 2.15. The molecule has 0 bridgehead atoms. The summed E-state index contributed by atoms with van der Waals surface area (Å²) in [6.07, 6.45) is 0. The number of aromatic nitrogens is 2. The van der Waals surface area contributed by atoms with Crippen LogP contribution in [0.15, 0.2) is 35.1 Å². The van der Waals surface area contributed by atoms with Gasteiger partial charge in [-0.2, -0.15) is 0 Å². The van der Waals surface area contributed by atoms with Crippen LogP contribution in [0.2, 0.25) is 0 Å². The number of amides is 1. The molecule has 1 heterocycles. The molecule has 6 heteroatoms. The SMILES string of the molecule is NC(=O)c1nc(-c2ccccc2)[nH]c(=O)c1O. The predicted molar refractivity (Wildman–Crippen MR) is 60.5 cm³/mol. The fourth-order valence-electron chi connectivity index (χ4n) is 1.37. The van der Waals surface area contributed by atoms with Gasteiger partial charge in [0.15, 0.2) is 5.69 Å². The number of nitrogens with zero attached hydrogens (tertiary/aromatic N) is 1. The standard InChI is InChI=1S/C11H9N3O3/c12-9(16)7-8(15)11(17)14-10(13-7)6-4-2-1-3-5-6/h1-5,15H,(H2,12,16)(H,13,14,17). The Morgan fingerprint density at radius 2 is 1.94 bits per heavy atom. The van der Waals surface area contributed by atoms with Crippen molar-refractivity contribution in [2.24, 2.45) is 5.73 Å². The van der Waals surface area contributed by atoms with Crippen LogP contribution in [0.25, 0.3) is 11.4 Å². The predicted octanol–water partition coefficient (Wildman–Crippen LogP) is 0.241. The average molecular weight is 231 g/mol. The molecular formula is C11H9N3O3. The fourth-order valence-corrected chi connectivity index (χ4v) is 1.37.